The van der Waals surface area contributed by atoms with Crippen molar-refractivity contribution in [2.75, 3.05) is 24.7 Å². The second-order valence-electron chi connectivity index (χ2n) is 9.19. The molecule has 4 rings (SSSR count). The molecule has 0 aliphatic carbocycles. The van der Waals surface area contributed by atoms with E-state index >= 15 is 0 Å². The van der Waals surface area contributed by atoms with Gasteiger partial charge >= 0.3 is 6.03 Å². The van der Waals surface area contributed by atoms with Crippen molar-refractivity contribution in [1.82, 2.24) is 10.6 Å². The van der Waals surface area contributed by atoms with Gasteiger partial charge in [-0.2, -0.15) is 11.8 Å². The van der Waals surface area contributed by atoms with Crippen molar-refractivity contribution in [2.45, 2.75) is 45.0 Å². The molecule has 7 nitrogen and oxygen atoms in total. The Morgan fingerprint density at radius 3 is 2.42 bits per heavy atom. The van der Waals surface area contributed by atoms with Gasteiger partial charge in [0, 0.05) is 36.6 Å². The number of rotatable bonds is 11. The molecule has 38 heavy (non-hydrogen) atoms. The maximum absolute atomic E-state index is 11.8. The van der Waals surface area contributed by atoms with Crippen LogP contribution in [0.25, 0.3) is 11.1 Å². The zero-order valence-electron chi connectivity index (χ0n) is 21.6. The fourth-order valence-electron chi connectivity index (χ4n) is 4.43. The van der Waals surface area contributed by atoms with E-state index in [2.05, 4.69) is 34.9 Å². The van der Waals surface area contributed by atoms with E-state index < -0.39 is 6.29 Å². The number of aliphatic hydroxyl groups excluding tert-OH is 2. The predicted molar refractivity (Wildman–Crippen MR) is 151 cm³/mol. The highest BCUT2D eigenvalue weighted by molar-refractivity contribution is 7.99. The Morgan fingerprint density at radius 1 is 0.921 bits per heavy atom. The van der Waals surface area contributed by atoms with Crippen LogP contribution in [0.1, 0.15) is 48.0 Å². The minimum atomic E-state index is -0.534. The summed E-state index contributed by atoms with van der Waals surface area (Å²) in [7, 11) is 0. The van der Waals surface area contributed by atoms with Crippen molar-refractivity contribution in [1.29, 1.82) is 0 Å². The third-order valence-electron chi connectivity index (χ3n) is 6.36. The van der Waals surface area contributed by atoms with E-state index in [0.29, 0.717) is 25.3 Å². The van der Waals surface area contributed by atoms with Gasteiger partial charge in [-0.1, -0.05) is 60.7 Å². The van der Waals surface area contributed by atoms with Crippen LogP contribution in [0.15, 0.2) is 72.8 Å². The van der Waals surface area contributed by atoms with Crippen LogP contribution in [0.3, 0.4) is 0 Å². The Morgan fingerprint density at radius 2 is 1.68 bits per heavy atom. The average Bonchev–Trinajstić information content (AvgIpc) is 2.96. The van der Waals surface area contributed by atoms with Gasteiger partial charge in [-0.25, -0.2) is 4.79 Å². The molecule has 3 atom stereocenters. The van der Waals surface area contributed by atoms with Crippen molar-refractivity contribution in [3.05, 3.63) is 95.1 Å². The smallest absolute Gasteiger partial charge is 0.315 e. The molecule has 0 bridgehead atoms. The number of thioether (sulfide) groups is 1. The van der Waals surface area contributed by atoms with Crippen LogP contribution in [0, 0.1) is 0 Å². The first-order chi connectivity index (χ1) is 18.6. The van der Waals surface area contributed by atoms with Crippen LogP contribution in [-0.2, 0) is 22.6 Å². The number of benzene rings is 3. The van der Waals surface area contributed by atoms with E-state index in [-0.39, 0.29) is 31.5 Å². The molecular weight excluding hydrogens is 500 g/mol. The van der Waals surface area contributed by atoms with Gasteiger partial charge in [0.05, 0.1) is 25.4 Å². The Hall–Kier alpha value is -2.88. The van der Waals surface area contributed by atoms with Crippen LogP contribution in [0.4, 0.5) is 4.79 Å². The number of urea groups is 1. The largest absolute Gasteiger partial charge is 0.396 e. The van der Waals surface area contributed by atoms with E-state index in [1.54, 1.807) is 11.8 Å². The van der Waals surface area contributed by atoms with E-state index in [9.17, 15) is 15.0 Å². The molecule has 8 heteroatoms. The summed E-state index contributed by atoms with van der Waals surface area (Å²) in [6, 6.07) is 24.0. The van der Waals surface area contributed by atoms with Crippen LogP contribution >= 0.6 is 11.8 Å². The van der Waals surface area contributed by atoms with Gasteiger partial charge in [-0.05, 0) is 46.9 Å². The van der Waals surface area contributed by atoms with Gasteiger partial charge in [0.2, 0.25) is 0 Å². The van der Waals surface area contributed by atoms with Gasteiger partial charge in [0.15, 0.2) is 6.29 Å². The van der Waals surface area contributed by atoms with Gasteiger partial charge in [-0.3, -0.25) is 0 Å². The number of ether oxygens (including phenoxy) is 2. The molecule has 3 aromatic rings. The monoisotopic (exact) mass is 536 g/mol. The number of amides is 2. The Balaban J connectivity index is 1.53. The molecule has 2 amide bonds. The summed E-state index contributed by atoms with van der Waals surface area (Å²) in [5.74, 6) is 1.44. The van der Waals surface area contributed by atoms with Gasteiger partial charge in [0.1, 0.15) is 0 Å². The van der Waals surface area contributed by atoms with Gasteiger partial charge < -0.3 is 30.3 Å². The maximum Gasteiger partial charge on any atom is 0.315 e. The highest BCUT2D eigenvalue weighted by Gasteiger charge is 2.32. The highest BCUT2D eigenvalue weighted by Crippen LogP contribution is 2.39. The molecule has 0 radical (unpaired) electrons. The van der Waals surface area contributed by atoms with Crippen molar-refractivity contribution in [3.8, 4) is 11.1 Å². The minimum absolute atomic E-state index is 0.00789. The van der Waals surface area contributed by atoms with Crippen molar-refractivity contribution in [3.63, 3.8) is 0 Å². The van der Waals surface area contributed by atoms with Crippen LogP contribution < -0.4 is 10.6 Å². The number of carbonyl (C=O) groups excluding carboxylic acids is 1. The van der Waals surface area contributed by atoms with Crippen LogP contribution in [0.2, 0.25) is 0 Å². The Labute approximate surface area is 228 Å². The third-order valence-corrected chi connectivity index (χ3v) is 7.44. The number of aliphatic hydroxyl groups is 2. The van der Waals surface area contributed by atoms with Crippen LogP contribution in [-0.4, -0.2) is 47.0 Å². The SMILES string of the molecule is CCNC(=O)NCc1cccc(-c2cccc([C@H]3O[C@@H](CSCCO)C[C@@H](c4ccc(CO)cc4)O3)c2)c1. The quantitative estimate of drug-likeness (QED) is 0.259. The van der Waals surface area contributed by atoms with Crippen molar-refractivity contribution < 1.29 is 24.5 Å². The molecule has 1 fully saturated rings. The second kappa shape index (κ2) is 14.3. The average molecular weight is 537 g/mol. The molecular formula is C30H36N2O5S. The Kier molecular flexibility index (Phi) is 10.6. The zero-order valence-corrected chi connectivity index (χ0v) is 22.5. The fraction of sp³-hybridized carbons (Fsp3) is 0.367. The predicted octanol–water partition coefficient (Wildman–Crippen LogP) is 4.94. The molecule has 1 aliphatic heterocycles. The number of hydrogen-bond donors (Lipinski definition) is 4. The molecule has 0 saturated carbocycles. The summed E-state index contributed by atoms with van der Waals surface area (Å²) >= 11 is 1.67. The first kappa shape index (κ1) is 28.1. The number of nitrogens with one attached hydrogen (secondary N) is 2. The lowest BCUT2D eigenvalue weighted by molar-refractivity contribution is -0.245. The molecule has 202 valence electrons. The number of hydrogen-bond acceptors (Lipinski definition) is 6. The Bertz CT molecular complexity index is 1170. The first-order valence-corrected chi connectivity index (χ1v) is 14.1. The molecule has 0 spiro atoms. The minimum Gasteiger partial charge on any atom is -0.396 e. The molecule has 1 heterocycles. The standard InChI is InChI=1S/C30H36N2O5S/c1-2-31-30(35)32-18-22-5-3-6-24(15-22)25-7-4-8-26(16-25)29-36-27(20-38-14-13-33)17-28(37-29)23-11-9-21(19-34)10-12-23/h3-12,15-16,27-29,33-34H,2,13-14,17-20H2,1H3,(H2,31,32,35)/t27-,28+,29+/m1/s1. The normalized spacial score (nSPS) is 19.2. The molecule has 4 N–H and O–H groups in total. The maximum atomic E-state index is 11.8. The molecule has 0 aromatic heterocycles. The molecule has 3 aromatic carbocycles. The third kappa shape index (κ3) is 7.82. The zero-order chi connectivity index (χ0) is 26.7. The van der Waals surface area contributed by atoms with E-state index in [4.69, 9.17) is 9.47 Å². The van der Waals surface area contributed by atoms with Gasteiger partial charge in [-0.15, -0.1) is 0 Å². The highest BCUT2D eigenvalue weighted by atomic mass is 32.2. The molecule has 1 saturated heterocycles. The summed E-state index contributed by atoms with van der Waals surface area (Å²) in [5.41, 5.74) is 5.94. The van der Waals surface area contributed by atoms with E-state index in [1.165, 1.54) is 0 Å². The first-order valence-electron chi connectivity index (χ1n) is 13.0. The van der Waals surface area contributed by atoms with Crippen molar-refractivity contribution >= 4 is 17.8 Å². The fourth-order valence-corrected chi connectivity index (χ4v) is 5.21. The van der Waals surface area contributed by atoms with E-state index in [0.717, 1.165) is 39.1 Å². The van der Waals surface area contributed by atoms with Gasteiger partial charge in [0.25, 0.3) is 0 Å². The number of carbonyl (C=O) groups is 1. The molecule has 1 aliphatic rings. The summed E-state index contributed by atoms with van der Waals surface area (Å²) in [6.45, 7) is 3.06. The lowest BCUT2D eigenvalue weighted by atomic mass is 9.99. The second-order valence-corrected chi connectivity index (χ2v) is 10.3. The molecule has 0 unspecified atom stereocenters. The van der Waals surface area contributed by atoms with Crippen LogP contribution in [0.5, 0.6) is 0 Å². The lowest BCUT2D eigenvalue weighted by Crippen LogP contribution is -2.34. The summed E-state index contributed by atoms with van der Waals surface area (Å²) < 4.78 is 12.9. The van der Waals surface area contributed by atoms with Crippen molar-refractivity contribution in [2.24, 2.45) is 0 Å². The summed E-state index contributed by atoms with van der Waals surface area (Å²) in [5, 5.41) is 24.2. The van der Waals surface area contributed by atoms with E-state index in [1.807, 2.05) is 55.5 Å². The summed E-state index contributed by atoms with van der Waals surface area (Å²) in [4.78, 5) is 11.8. The summed E-state index contributed by atoms with van der Waals surface area (Å²) in [6.07, 6.45) is 0.00974. The lowest BCUT2D eigenvalue weighted by Gasteiger charge is -2.36. The topological polar surface area (TPSA) is 100 Å².